The fourth-order valence-electron chi connectivity index (χ4n) is 3.40. The number of nitrogens with one attached hydrogen (secondary N) is 1. The van der Waals surface area contributed by atoms with Crippen molar-refractivity contribution in [1.29, 1.82) is 0 Å². The zero-order valence-corrected chi connectivity index (χ0v) is 16.9. The van der Waals surface area contributed by atoms with Crippen LogP contribution in [0.2, 0.25) is 0 Å². The summed E-state index contributed by atoms with van der Waals surface area (Å²) in [6, 6.07) is 19.3. The normalized spacial score (nSPS) is 12.8. The molecule has 0 saturated carbocycles. The number of aromatic nitrogens is 2. The standard InChI is InChI=1S/C24H27N3O2/c1-18(17-29-23(28)20-10-4-3-5-11-20)15-21(22-12-7-6-9-19(22)2)16-27-24-25-13-8-14-26-24/h3-14,18,21H,15-17H2,1-2H3,(H,25,26,27). The van der Waals surface area contributed by atoms with Crippen LogP contribution in [0.15, 0.2) is 73.1 Å². The Bertz CT molecular complexity index is 900. The Labute approximate surface area is 172 Å². The molecular formula is C24H27N3O2. The zero-order chi connectivity index (χ0) is 20.5. The van der Waals surface area contributed by atoms with Crippen molar-refractivity contribution < 1.29 is 9.53 Å². The molecule has 0 amide bonds. The fourth-order valence-corrected chi connectivity index (χ4v) is 3.40. The summed E-state index contributed by atoms with van der Waals surface area (Å²) in [5.41, 5.74) is 3.12. The molecule has 0 bridgehead atoms. The third kappa shape index (κ3) is 6.14. The van der Waals surface area contributed by atoms with Crippen LogP contribution in [-0.2, 0) is 4.74 Å². The maximum atomic E-state index is 12.2. The average molecular weight is 389 g/mol. The largest absolute Gasteiger partial charge is 0.462 e. The van der Waals surface area contributed by atoms with E-state index in [1.165, 1.54) is 11.1 Å². The average Bonchev–Trinajstić information content (AvgIpc) is 2.77. The summed E-state index contributed by atoms with van der Waals surface area (Å²) in [7, 11) is 0. The van der Waals surface area contributed by atoms with E-state index in [2.05, 4.69) is 53.4 Å². The van der Waals surface area contributed by atoms with Crippen molar-refractivity contribution in [3.05, 3.63) is 89.7 Å². The molecular weight excluding hydrogens is 362 g/mol. The van der Waals surface area contributed by atoms with Crippen molar-refractivity contribution in [2.45, 2.75) is 26.2 Å². The van der Waals surface area contributed by atoms with Crippen molar-refractivity contribution >= 4 is 11.9 Å². The van der Waals surface area contributed by atoms with Crippen LogP contribution in [0.3, 0.4) is 0 Å². The smallest absolute Gasteiger partial charge is 0.338 e. The second-order valence-corrected chi connectivity index (χ2v) is 7.31. The second kappa shape index (κ2) is 10.4. The quantitative estimate of drug-likeness (QED) is 0.529. The number of benzene rings is 2. The molecule has 0 fully saturated rings. The minimum absolute atomic E-state index is 0.214. The molecule has 5 heteroatoms. The number of hydrogen-bond acceptors (Lipinski definition) is 5. The molecule has 1 heterocycles. The molecule has 0 aliphatic heterocycles. The van der Waals surface area contributed by atoms with E-state index in [0.29, 0.717) is 24.7 Å². The molecule has 2 aromatic carbocycles. The number of rotatable bonds is 9. The number of aryl methyl sites for hydroxylation is 1. The molecule has 0 radical (unpaired) electrons. The van der Waals surface area contributed by atoms with Gasteiger partial charge in [0.1, 0.15) is 0 Å². The van der Waals surface area contributed by atoms with Gasteiger partial charge in [-0.25, -0.2) is 14.8 Å². The highest BCUT2D eigenvalue weighted by Gasteiger charge is 2.19. The summed E-state index contributed by atoms with van der Waals surface area (Å²) < 4.78 is 5.54. The minimum Gasteiger partial charge on any atom is -0.462 e. The first-order chi connectivity index (χ1) is 14.1. The van der Waals surface area contributed by atoms with Crippen LogP contribution < -0.4 is 5.32 Å². The van der Waals surface area contributed by atoms with Crippen LogP contribution in [-0.4, -0.2) is 29.1 Å². The molecule has 0 aliphatic carbocycles. The Kier molecular flexibility index (Phi) is 7.34. The van der Waals surface area contributed by atoms with E-state index in [-0.39, 0.29) is 17.8 Å². The highest BCUT2D eigenvalue weighted by Crippen LogP contribution is 2.27. The van der Waals surface area contributed by atoms with Gasteiger partial charge >= 0.3 is 5.97 Å². The number of ether oxygens (including phenoxy) is 1. The van der Waals surface area contributed by atoms with E-state index in [9.17, 15) is 4.79 Å². The fraction of sp³-hybridized carbons (Fsp3) is 0.292. The molecule has 3 rings (SSSR count). The predicted molar refractivity (Wildman–Crippen MR) is 115 cm³/mol. The van der Waals surface area contributed by atoms with Crippen LogP contribution in [0.25, 0.3) is 0 Å². The second-order valence-electron chi connectivity index (χ2n) is 7.31. The van der Waals surface area contributed by atoms with E-state index in [0.717, 1.165) is 6.42 Å². The molecule has 0 saturated heterocycles. The van der Waals surface area contributed by atoms with Gasteiger partial charge in [-0.15, -0.1) is 0 Å². The van der Waals surface area contributed by atoms with Gasteiger partial charge in [-0.3, -0.25) is 0 Å². The highest BCUT2D eigenvalue weighted by atomic mass is 16.5. The number of carbonyl (C=O) groups excluding carboxylic acids is 1. The zero-order valence-electron chi connectivity index (χ0n) is 16.9. The van der Waals surface area contributed by atoms with E-state index < -0.39 is 0 Å². The Morgan fingerprint density at radius 3 is 2.41 bits per heavy atom. The van der Waals surface area contributed by atoms with E-state index >= 15 is 0 Å². The van der Waals surface area contributed by atoms with Crippen molar-refractivity contribution in [3.63, 3.8) is 0 Å². The van der Waals surface area contributed by atoms with Crippen molar-refractivity contribution in [1.82, 2.24) is 9.97 Å². The molecule has 0 aliphatic rings. The lowest BCUT2D eigenvalue weighted by Crippen LogP contribution is -2.20. The van der Waals surface area contributed by atoms with Gasteiger partial charge in [-0.05, 0) is 48.6 Å². The molecule has 3 aromatic rings. The SMILES string of the molecule is Cc1ccccc1C(CNc1ncccn1)CC(C)COC(=O)c1ccccc1. The summed E-state index contributed by atoms with van der Waals surface area (Å²) >= 11 is 0. The number of hydrogen-bond donors (Lipinski definition) is 1. The lowest BCUT2D eigenvalue weighted by molar-refractivity contribution is 0.0440. The summed E-state index contributed by atoms with van der Waals surface area (Å²) in [6.07, 6.45) is 4.33. The molecule has 2 unspecified atom stereocenters. The molecule has 29 heavy (non-hydrogen) atoms. The number of carbonyl (C=O) groups is 1. The van der Waals surface area contributed by atoms with Crippen molar-refractivity contribution in [2.75, 3.05) is 18.5 Å². The first-order valence-corrected chi connectivity index (χ1v) is 9.92. The Morgan fingerprint density at radius 1 is 1.00 bits per heavy atom. The van der Waals surface area contributed by atoms with Gasteiger partial charge in [0.2, 0.25) is 5.95 Å². The Balaban J connectivity index is 1.62. The van der Waals surface area contributed by atoms with Crippen LogP contribution in [0, 0.1) is 12.8 Å². The van der Waals surface area contributed by atoms with Crippen LogP contribution in [0.5, 0.6) is 0 Å². The van der Waals surface area contributed by atoms with Crippen LogP contribution in [0.1, 0.15) is 40.7 Å². The number of anilines is 1. The molecule has 0 spiro atoms. The van der Waals surface area contributed by atoms with Gasteiger partial charge in [-0.1, -0.05) is 49.4 Å². The summed E-state index contributed by atoms with van der Waals surface area (Å²) in [5.74, 6) is 0.811. The summed E-state index contributed by atoms with van der Waals surface area (Å²) in [5, 5.41) is 3.34. The van der Waals surface area contributed by atoms with Crippen molar-refractivity contribution in [3.8, 4) is 0 Å². The first kappa shape index (κ1) is 20.5. The van der Waals surface area contributed by atoms with E-state index in [1.54, 1.807) is 30.6 Å². The molecule has 2 atom stereocenters. The number of nitrogens with zero attached hydrogens (tertiary/aromatic N) is 2. The Morgan fingerprint density at radius 2 is 1.69 bits per heavy atom. The van der Waals surface area contributed by atoms with Gasteiger partial charge in [-0.2, -0.15) is 0 Å². The molecule has 1 N–H and O–H groups in total. The van der Waals surface area contributed by atoms with E-state index in [1.807, 2.05) is 18.2 Å². The third-order valence-electron chi connectivity index (χ3n) is 4.90. The summed E-state index contributed by atoms with van der Waals surface area (Å²) in [6.45, 7) is 5.34. The van der Waals surface area contributed by atoms with Crippen LogP contribution in [0.4, 0.5) is 5.95 Å². The summed E-state index contributed by atoms with van der Waals surface area (Å²) in [4.78, 5) is 20.7. The monoisotopic (exact) mass is 389 g/mol. The van der Waals surface area contributed by atoms with Gasteiger partial charge < -0.3 is 10.1 Å². The lowest BCUT2D eigenvalue weighted by Gasteiger charge is -2.23. The lowest BCUT2D eigenvalue weighted by atomic mass is 9.87. The maximum absolute atomic E-state index is 12.2. The van der Waals surface area contributed by atoms with Crippen LogP contribution >= 0.6 is 0 Å². The Hall–Kier alpha value is -3.21. The van der Waals surface area contributed by atoms with Gasteiger partial charge in [0.15, 0.2) is 0 Å². The third-order valence-corrected chi connectivity index (χ3v) is 4.90. The maximum Gasteiger partial charge on any atom is 0.338 e. The highest BCUT2D eigenvalue weighted by molar-refractivity contribution is 5.89. The first-order valence-electron chi connectivity index (χ1n) is 9.92. The van der Waals surface area contributed by atoms with Gasteiger partial charge in [0, 0.05) is 24.9 Å². The minimum atomic E-state index is -0.277. The van der Waals surface area contributed by atoms with E-state index in [4.69, 9.17) is 4.74 Å². The predicted octanol–water partition coefficient (Wildman–Crippen LogP) is 4.86. The topological polar surface area (TPSA) is 64.1 Å². The van der Waals surface area contributed by atoms with Gasteiger partial charge in [0.05, 0.1) is 12.2 Å². The van der Waals surface area contributed by atoms with Crippen molar-refractivity contribution in [2.24, 2.45) is 5.92 Å². The molecule has 5 nitrogen and oxygen atoms in total. The molecule has 150 valence electrons. The van der Waals surface area contributed by atoms with Gasteiger partial charge in [0.25, 0.3) is 0 Å². The molecule has 1 aromatic heterocycles. The number of esters is 1.